The minimum atomic E-state index is -0.218. The lowest BCUT2D eigenvalue weighted by Crippen LogP contribution is -2.40. The second-order valence-corrected chi connectivity index (χ2v) is 8.46. The molecule has 2 aromatic carbocycles. The van der Waals surface area contributed by atoms with Gasteiger partial charge in [-0.3, -0.25) is 14.4 Å². The van der Waals surface area contributed by atoms with Crippen LogP contribution in [0, 0.1) is 13.8 Å². The molecule has 0 fully saturated rings. The summed E-state index contributed by atoms with van der Waals surface area (Å²) in [6.07, 6.45) is 2.27. The van der Waals surface area contributed by atoms with Crippen LogP contribution in [0.25, 0.3) is 0 Å². The molecule has 2 heterocycles. The summed E-state index contributed by atoms with van der Waals surface area (Å²) in [6, 6.07) is 14.4. The number of nitrogens with one attached hydrogen (secondary N) is 1. The van der Waals surface area contributed by atoms with Crippen LogP contribution < -0.4 is 19.7 Å². The molecule has 0 spiro atoms. The molecule has 8 nitrogen and oxygen atoms in total. The Hall–Kier alpha value is -4.07. The minimum absolute atomic E-state index is 0.0826. The van der Waals surface area contributed by atoms with E-state index in [0.717, 1.165) is 11.1 Å². The third kappa shape index (κ3) is 6.09. The Kier molecular flexibility index (Phi) is 7.50. The van der Waals surface area contributed by atoms with Crippen LogP contribution in [0.15, 0.2) is 59.2 Å². The number of amides is 2. The maximum Gasteiger partial charge on any atom is 0.265 e. The monoisotopic (exact) mass is 476 g/mol. The summed E-state index contributed by atoms with van der Waals surface area (Å²) in [4.78, 5) is 39.1. The molecule has 1 aliphatic heterocycles. The number of rotatable bonds is 10. The van der Waals surface area contributed by atoms with E-state index in [4.69, 9.17) is 13.9 Å². The highest BCUT2D eigenvalue weighted by molar-refractivity contribution is 6.02. The highest BCUT2D eigenvalue weighted by atomic mass is 16.5. The zero-order valence-corrected chi connectivity index (χ0v) is 19.8. The van der Waals surface area contributed by atoms with Gasteiger partial charge in [-0.1, -0.05) is 12.1 Å². The van der Waals surface area contributed by atoms with Crippen LogP contribution in [-0.2, 0) is 16.1 Å². The zero-order chi connectivity index (χ0) is 24.8. The summed E-state index contributed by atoms with van der Waals surface area (Å²) in [5.41, 5.74) is 2.95. The van der Waals surface area contributed by atoms with Crippen LogP contribution in [0.2, 0.25) is 0 Å². The molecule has 182 valence electrons. The van der Waals surface area contributed by atoms with E-state index in [2.05, 4.69) is 5.32 Å². The van der Waals surface area contributed by atoms with Crippen molar-refractivity contribution in [1.29, 1.82) is 0 Å². The van der Waals surface area contributed by atoms with Crippen molar-refractivity contribution >= 4 is 23.3 Å². The van der Waals surface area contributed by atoms with Gasteiger partial charge in [-0.05, 0) is 67.8 Å². The van der Waals surface area contributed by atoms with Gasteiger partial charge in [-0.25, -0.2) is 0 Å². The van der Waals surface area contributed by atoms with Gasteiger partial charge in [0.1, 0.15) is 17.3 Å². The van der Waals surface area contributed by atoms with Gasteiger partial charge in [-0.2, -0.15) is 0 Å². The number of anilines is 1. The van der Waals surface area contributed by atoms with Gasteiger partial charge in [-0.15, -0.1) is 0 Å². The molecule has 0 saturated heterocycles. The molecular weight excluding hydrogens is 448 g/mol. The molecule has 0 aliphatic carbocycles. The number of furan rings is 1. The minimum Gasteiger partial charge on any atom is -0.485 e. The number of Topliss-reactive ketones (excluding diaryl/α,β-unsaturated/α-hetero) is 1. The molecule has 0 bridgehead atoms. The summed E-state index contributed by atoms with van der Waals surface area (Å²) >= 11 is 0. The lowest BCUT2D eigenvalue weighted by atomic mass is 10.1. The van der Waals surface area contributed by atoms with E-state index in [0.29, 0.717) is 48.0 Å². The van der Waals surface area contributed by atoms with E-state index in [-0.39, 0.29) is 37.2 Å². The first-order chi connectivity index (χ1) is 16.9. The molecule has 8 heteroatoms. The average Bonchev–Trinajstić information content (AvgIpc) is 3.38. The summed E-state index contributed by atoms with van der Waals surface area (Å²) in [7, 11) is 0. The maximum atomic E-state index is 12.8. The number of carbonyl (C=O) groups excluding carboxylic acids is 3. The highest BCUT2D eigenvalue weighted by Gasteiger charge is 2.26. The highest BCUT2D eigenvalue weighted by Crippen LogP contribution is 2.33. The molecule has 0 saturated carbocycles. The molecular formula is C27H28N2O6. The molecule has 1 aromatic heterocycles. The van der Waals surface area contributed by atoms with Crippen molar-refractivity contribution in [2.75, 3.05) is 24.7 Å². The fraction of sp³-hybridized carbons (Fsp3) is 0.296. The van der Waals surface area contributed by atoms with Crippen molar-refractivity contribution in [2.45, 2.75) is 33.2 Å². The van der Waals surface area contributed by atoms with Gasteiger partial charge in [0, 0.05) is 18.5 Å². The van der Waals surface area contributed by atoms with Gasteiger partial charge < -0.3 is 24.1 Å². The van der Waals surface area contributed by atoms with Gasteiger partial charge in [0.2, 0.25) is 5.91 Å². The second-order valence-electron chi connectivity index (χ2n) is 8.46. The number of fused-ring (bicyclic) bond motifs is 1. The number of aryl methyl sites for hydroxylation is 2. The Morgan fingerprint density at radius 3 is 2.77 bits per heavy atom. The maximum absolute atomic E-state index is 12.8. The number of hydrogen-bond donors (Lipinski definition) is 1. The topological polar surface area (TPSA) is 98.1 Å². The van der Waals surface area contributed by atoms with Crippen LogP contribution in [-0.4, -0.2) is 37.4 Å². The fourth-order valence-corrected chi connectivity index (χ4v) is 3.80. The predicted molar refractivity (Wildman–Crippen MR) is 130 cm³/mol. The molecule has 4 rings (SSSR count). The standard InChI is InChI=1S/C27H28N2O6/c1-18-7-8-19(2)25(13-18)34-16-23(30)20-9-10-24-22(14-20)29(27(32)17-35-24)11-3-6-26(31)28-15-21-5-4-12-33-21/h4-5,7-10,12-14H,3,6,11,15-17H2,1-2H3,(H,28,31). The lowest BCUT2D eigenvalue weighted by Gasteiger charge is -2.29. The number of ketones is 1. The van der Waals surface area contributed by atoms with E-state index in [1.165, 1.54) is 0 Å². The fourth-order valence-electron chi connectivity index (χ4n) is 3.80. The van der Waals surface area contributed by atoms with Crippen molar-refractivity contribution in [1.82, 2.24) is 5.32 Å². The third-order valence-corrected chi connectivity index (χ3v) is 5.75. The van der Waals surface area contributed by atoms with E-state index >= 15 is 0 Å². The second kappa shape index (κ2) is 10.9. The van der Waals surface area contributed by atoms with Gasteiger partial charge in [0.25, 0.3) is 5.91 Å². The first-order valence-electron chi connectivity index (χ1n) is 11.5. The molecule has 0 radical (unpaired) electrons. The molecule has 2 amide bonds. The lowest BCUT2D eigenvalue weighted by molar-refractivity contribution is -0.123. The van der Waals surface area contributed by atoms with Crippen LogP contribution in [0.5, 0.6) is 11.5 Å². The number of hydrogen-bond acceptors (Lipinski definition) is 6. The van der Waals surface area contributed by atoms with E-state index in [9.17, 15) is 14.4 Å². The summed E-state index contributed by atoms with van der Waals surface area (Å²) in [6.45, 7) is 4.34. The number of benzene rings is 2. The first kappa shape index (κ1) is 24.1. The van der Waals surface area contributed by atoms with Crippen LogP contribution >= 0.6 is 0 Å². The first-order valence-corrected chi connectivity index (χ1v) is 11.5. The number of ether oxygens (including phenoxy) is 2. The largest absolute Gasteiger partial charge is 0.485 e. The van der Waals surface area contributed by atoms with Gasteiger partial charge in [0.05, 0.1) is 18.5 Å². The van der Waals surface area contributed by atoms with Crippen LogP contribution in [0.4, 0.5) is 5.69 Å². The zero-order valence-electron chi connectivity index (χ0n) is 19.8. The smallest absolute Gasteiger partial charge is 0.265 e. The Morgan fingerprint density at radius 2 is 1.97 bits per heavy atom. The predicted octanol–water partition coefficient (Wildman–Crippen LogP) is 3.98. The molecule has 1 aliphatic rings. The van der Waals surface area contributed by atoms with Crippen molar-refractivity contribution in [3.63, 3.8) is 0 Å². The van der Waals surface area contributed by atoms with E-state index < -0.39 is 0 Å². The Labute approximate surface area is 203 Å². The Balaban J connectivity index is 1.37. The Morgan fingerprint density at radius 1 is 1.11 bits per heavy atom. The van der Waals surface area contributed by atoms with E-state index in [1.54, 1.807) is 41.5 Å². The normalized spacial score (nSPS) is 12.6. The number of nitrogens with zero attached hydrogens (tertiary/aromatic N) is 1. The van der Waals surface area contributed by atoms with Crippen molar-refractivity contribution in [2.24, 2.45) is 0 Å². The van der Waals surface area contributed by atoms with Gasteiger partial charge >= 0.3 is 0 Å². The number of carbonyl (C=O) groups is 3. The molecule has 0 unspecified atom stereocenters. The summed E-state index contributed by atoms with van der Waals surface area (Å²) in [5, 5.41) is 2.79. The van der Waals surface area contributed by atoms with E-state index in [1.807, 2.05) is 32.0 Å². The van der Waals surface area contributed by atoms with Crippen molar-refractivity contribution in [3.8, 4) is 11.5 Å². The van der Waals surface area contributed by atoms with Crippen molar-refractivity contribution < 1.29 is 28.3 Å². The van der Waals surface area contributed by atoms with Crippen LogP contribution in [0.1, 0.15) is 40.1 Å². The van der Waals surface area contributed by atoms with Gasteiger partial charge in [0.15, 0.2) is 19.0 Å². The molecule has 1 N–H and O–H groups in total. The van der Waals surface area contributed by atoms with Crippen molar-refractivity contribution in [3.05, 3.63) is 77.2 Å². The SMILES string of the molecule is Cc1ccc(C)c(OCC(=O)c2ccc3c(c2)N(CCCC(=O)NCc2ccco2)C(=O)CO3)c1. The molecule has 0 atom stereocenters. The molecule has 35 heavy (non-hydrogen) atoms. The summed E-state index contributed by atoms with van der Waals surface area (Å²) in [5.74, 6) is 1.32. The van der Waals surface area contributed by atoms with Crippen LogP contribution in [0.3, 0.4) is 0 Å². The average molecular weight is 477 g/mol. The summed E-state index contributed by atoms with van der Waals surface area (Å²) < 4.78 is 16.5. The quantitative estimate of drug-likeness (QED) is 0.445. The molecule has 3 aromatic rings. The Bertz CT molecular complexity index is 1220. The third-order valence-electron chi connectivity index (χ3n) is 5.75.